The van der Waals surface area contributed by atoms with Gasteiger partial charge in [0.25, 0.3) is 11.8 Å². The van der Waals surface area contributed by atoms with Crippen molar-refractivity contribution in [1.82, 2.24) is 4.90 Å². The summed E-state index contributed by atoms with van der Waals surface area (Å²) in [5, 5.41) is 13.3. The zero-order chi connectivity index (χ0) is 21.2. The molecule has 2 aromatic rings. The lowest BCUT2D eigenvalue weighted by Crippen LogP contribution is -2.43. The van der Waals surface area contributed by atoms with Gasteiger partial charge in [-0.2, -0.15) is 5.84 Å². The number of carboxylic acids is 1. The van der Waals surface area contributed by atoms with E-state index in [1.807, 2.05) is 0 Å². The number of rotatable bonds is 5. The molecule has 0 atom stereocenters. The molecule has 0 saturated carbocycles. The summed E-state index contributed by atoms with van der Waals surface area (Å²) in [7, 11) is 1.66. The van der Waals surface area contributed by atoms with Crippen LogP contribution in [0.25, 0.3) is 0 Å². The Bertz CT molecular complexity index is 911. The van der Waals surface area contributed by atoms with Gasteiger partial charge < -0.3 is 15.3 Å². The largest absolute Gasteiger partial charge is 0.478 e. The number of nitrogens with two attached hydrogens (primary N) is 1. The molecular weight excluding hydrogens is 384 g/mol. The zero-order valence-electron chi connectivity index (χ0n) is 15.8. The molecule has 1 saturated heterocycles. The van der Waals surface area contributed by atoms with Gasteiger partial charge >= 0.3 is 11.8 Å². The van der Waals surface area contributed by atoms with Crippen molar-refractivity contribution < 1.29 is 28.5 Å². The number of nitrogens with zero attached hydrogens (tertiary/aromatic N) is 2. The predicted molar refractivity (Wildman–Crippen MR) is 102 cm³/mol. The predicted octanol–water partition coefficient (Wildman–Crippen LogP) is 2.12. The molecule has 1 fully saturated rings. The second-order valence-corrected chi connectivity index (χ2v) is 6.77. The van der Waals surface area contributed by atoms with Crippen molar-refractivity contribution in [3.8, 4) is 0 Å². The van der Waals surface area contributed by atoms with Crippen LogP contribution in [0.2, 0.25) is 0 Å². The summed E-state index contributed by atoms with van der Waals surface area (Å²) in [4.78, 5) is 28.0. The van der Waals surface area contributed by atoms with Crippen molar-refractivity contribution in [2.45, 2.75) is 18.8 Å². The number of H-pyrrole nitrogens is 1. The number of hydrogen-bond donors (Lipinski definition) is 3. The fraction of sp³-hybridized carbons (Fsp3) is 0.316. The molecule has 1 aromatic heterocycles. The minimum atomic E-state index is -2.72. The van der Waals surface area contributed by atoms with Crippen LogP contribution >= 0.6 is 0 Å². The number of aromatic nitrogens is 1. The van der Waals surface area contributed by atoms with Crippen molar-refractivity contribution in [2.75, 3.05) is 30.5 Å². The number of halogens is 2. The molecule has 0 aliphatic carbocycles. The number of carbonyl (C=O) groups is 2. The molecule has 1 aliphatic rings. The molecule has 2 heterocycles. The topological polar surface area (TPSA) is 113 Å². The highest BCUT2D eigenvalue weighted by atomic mass is 19.3. The van der Waals surface area contributed by atoms with Gasteiger partial charge in [-0.3, -0.25) is 4.79 Å². The summed E-state index contributed by atoms with van der Waals surface area (Å²) >= 11 is 0. The second-order valence-electron chi connectivity index (χ2n) is 6.77. The number of aromatic carboxylic acids is 1. The van der Waals surface area contributed by atoms with Gasteiger partial charge in [-0.05, 0) is 30.3 Å². The first kappa shape index (κ1) is 20.5. The van der Waals surface area contributed by atoms with Gasteiger partial charge in [0, 0.05) is 33.0 Å². The highest BCUT2D eigenvalue weighted by Crippen LogP contribution is 2.30. The number of likely N-dealkylation sites (tertiary alicyclic amines) is 1. The van der Waals surface area contributed by atoms with E-state index in [-0.39, 0.29) is 37.4 Å². The van der Waals surface area contributed by atoms with Crippen LogP contribution in [0.15, 0.2) is 36.5 Å². The number of piperidine rings is 1. The quantitative estimate of drug-likeness (QED) is 0.518. The molecule has 1 aromatic carbocycles. The molecule has 1 aliphatic heterocycles. The minimum Gasteiger partial charge on any atom is -0.478 e. The maximum atomic E-state index is 13.3. The Balaban J connectivity index is 1.81. The highest BCUT2D eigenvalue weighted by Gasteiger charge is 2.36. The Morgan fingerprint density at radius 3 is 2.38 bits per heavy atom. The second kappa shape index (κ2) is 8.00. The zero-order valence-corrected chi connectivity index (χ0v) is 15.8. The lowest BCUT2D eigenvalue weighted by Gasteiger charge is -2.31. The van der Waals surface area contributed by atoms with Gasteiger partial charge in [-0.25, -0.2) is 18.6 Å². The molecule has 5 N–H and O–H groups in total. The van der Waals surface area contributed by atoms with E-state index in [1.165, 1.54) is 28.2 Å². The maximum Gasteiger partial charge on any atom is 0.335 e. The van der Waals surface area contributed by atoms with Crippen LogP contribution in [0.3, 0.4) is 0 Å². The molecule has 29 heavy (non-hydrogen) atoms. The van der Waals surface area contributed by atoms with E-state index in [2.05, 4.69) is 10.3 Å². The number of nitrogens with one attached hydrogen (secondary N) is 2. The van der Waals surface area contributed by atoms with Crippen molar-refractivity contribution in [2.24, 2.45) is 5.84 Å². The number of pyridine rings is 1. The SMILES string of the molecule is CNc1cc(C(=O)N2CCC(F)(F)CC2)c[nH+]c1N(N)c1ccc(C(=O)O)cc1. The smallest absolute Gasteiger partial charge is 0.335 e. The third kappa shape index (κ3) is 4.43. The third-order valence-electron chi connectivity index (χ3n) is 4.85. The van der Waals surface area contributed by atoms with E-state index in [0.29, 0.717) is 22.8 Å². The van der Waals surface area contributed by atoms with Crippen molar-refractivity contribution in [3.05, 3.63) is 47.7 Å². The standard InChI is InChI=1S/C19H21F2N5O3/c1-23-15-10-13(17(27)25-8-6-19(20,21)7-9-25)11-24-16(15)26(22)14-4-2-12(3-5-14)18(28)29/h2-5,10-11,23H,6-9,22H2,1H3,(H,28,29)/p+1. The number of benzene rings is 1. The number of carbonyl (C=O) groups excluding carboxylic acids is 1. The van der Waals surface area contributed by atoms with E-state index < -0.39 is 11.9 Å². The maximum absolute atomic E-state index is 13.3. The third-order valence-corrected chi connectivity index (χ3v) is 4.85. The summed E-state index contributed by atoms with van der Waals surface area (Å²) in [6, 6.07) is 7.57. The number of hydrogen-bond acceptors (Lipinski definition) is 5. The Kier molecular flexibility index (Phi) is 5.64. The summed E-state index contributed by atoms with van der Waals surface area (Å²) in [6.45, 7) is 0.00280. The normalized spacial score (nSPS) is 15.7. The summed E-state index contributed by atoms with van der Waals surface area (Å²) in [5.74, 6) is 2.49. The highest BCUT2D eigenvalue weighted by molar-refractivity contribution is 5.95. The Morgan fingerprint density at radius 2 is 1.83 bits per heavy atom. The van der Waals surface area contributed by atoms with Crippen LogP contribution < -0.4 is 21.2 Å². The first-order chi connectivity index (χ1) is 13.7. The van der Waals surface area contributed by atoms with E-state index in [9.17, 15) is 18.4 Å². The summed E-state index contributed by atoms with van der Waals surface area (Å²) in [6.07, 6.45) is 0.779. The van der Waals surface area contributed by atoms with Gasteiger partial charge in [0.1, 0.15) is 17.6 Å². The minimum absolute atomic E-state index is 0.00140. The molecular formula is C19H22F2N5O3+. The van der Waals surface area contributed by atoms with Gasteiger partial charge in [-0.15, -0.1) is 5.01 Å². The van der Waals surface area contributed by atoms with E-state index >= 15 is 0 Å². The average Bonchev–Trinajstić information content (AvgIpc) is 2.72. The number of amides is 1. The van der Waals surface area contributed by atoms with E-state index in [0.717, 1.165) is 0 Å². The first-order valence-corrected chi connectivity index (χ1v) is 9.00. The van der Waals surface area contributed by atoms with Gasteiger partial charge in [0.2, 0.25) is 0 Å². The van der Waals surface area contributed by atoms with Gasteiger partial charge in [0.05, 0.1) is 11.1 Å². The number of hydrazine groups is 1. The average molecular weight is 406 g/mol. The molecule has 0 unspecified atom stereocenters. The van der Waals surface area contributed by atoms with E-state index in [4.69, 9.17) is 10.9 Å². The van der Waals surface area contributed by atoms with Gasteiger partial charge in [0.15, 0.2) is 0 Å². The van der Waals surface area contributed by atoms with Crippen LogP contribution in [0.4, 0.5) is 26.0 Å². The number of carboxylic acid groups (broad SMARTS) is 1. The fourth-order valence-electron chi connectivity index (χ4n) is 3.12. The van der Waals surface area contributed by atoms with Crippen LogP contribution in [0.1, 0.15) is 33.6 Å². The van der Waals surface area contributed by atoms with Crippen molar-refractivity contribution >= 4 is 29.1 Å². The van der Waals surface area contributed by atoms with Crippen LogP contribution in [0, 0.1) is 0 Å². The van der Waals surface area contributed by atoms with Gasteiger partial charge in [-0.1, -0.05) is 0 Å². The summed E-state index contributed by atoms with van der Waals surface area (Å²) in [5.41, 5.74) is 1.49. The molecule has 10 heteroatoms. The lowest BCUT2D eigenvalue weighted by atomic mass is 10.1. The van der Waals surface area contributed by atoms with Crippen molar-refractivity contribution in [3.63, 3.8) is 0 Å². The molecule has 3 rings (SSSR count). The molecule has 154 valence electrons. The van der Waals surface area contributed by atoms with Crippen LogP contribution in [-0.2, 0) is 0 Å². The molecule has 0 spiro atoms. The monoisotopic (exact) mass is 406 g/mol. The Hall–Kier alpha value is -3.27. The fourth-order valence-corrected chi connectivity index (χ4v) is 3.12. The number of aromatic amines is 1. The first-order valence-electron chi connectivity index (χ1n) is 9.00. The van der Waals surface area contributed by atoms with E-state index in [1.54, 1.807) is 25.2 Å². The number of anilines is 3. The molecule has 1 amide bonds. The molecule has 0 radical (unpaired) electrons. The van der Waals surface area contributed by atoms with Crippen molar-refractivity contribution in [1.29, 1.82) is 0 Å². The molecule has 8 nitrogen and oxygen atoms in total. The van der Waals surface area contributed by atoms with Crippen LogP contribution in [0.5, 0.6) is 0 Å². The lowest BCUT2D eigenvalue weighted by molar-refractivity contribution is -0.362. The Morgan fingerprint density at radius 1 is 1.21 bits per heavy atom. The molecule has 0 bridgehead atoms. The number of alkyl halides is 2. The van der Waals surface area contributed by atoms with Crippen LogP contribution in [-0.4, -0.2) is 47.9 Å². The Labute approximate surface area is 165 Å². The summed E-state index contributed by atoms with van der Waals surface area (Å²) < 4.78 is 26.7.